The molecule has 0 radical (unpaired) electrons. The normalized spacial score (nSPS) is 12.8. The molecule has 2 N–H and O–H groups in total. The topological polar surface area (TPSA) is 44.7 Å². The first-order valence-corrected chi connectivity index (χ1v) is 6.29. The lowest BCUT2D eigenvalue weighted by Crippen LogP contribution is -2.31. The third-order valence-electron chi connectivity index (χ3n) is 2.71. The first kappa shape index (κ1) is 15.2. The standard InChI is InChI=1S/C13H21ClN2O2/c1-16(2)8-7-15-11(9-17)13-10(14)5-4-6-12(13)18-3/h4-6,11,15,17H,7-9H2,1-3H3. The molecule has 18 heavy (non-hydrogen) atoms. The smallest absolute Gasteiger partial charge is 0.125 e. The number of methoxy groups -OCH3 is 1. The fourth-order valence-electron chi connectivity index (χ4n) is 1.75. The highest BCUT2D eigenvalue weighted by Gasteiger charge is 2.18. The minimum Gasteiger partial charge on any atom is -0.496 e. The molecule has 0 spiro atoms. The van der Waals surface area contributed by atoms with Crippen molar-refractivity contribution in [2.45, 2.75) is 6.04 Å². The SMILES string of the molecule is COc1cccc(Cl)c1C(CO)NCCN(C)C. The molecule has 1 aromatic carbocycles. The molecule has 1 atom stereocenters. The molecule has 1 rings (SSSR count). The van der Waals surface area contributed by atoms with Crippen LogP contribution in [0.25, 0.3) is 0 Å². The van der Waals surface area contributed by atoms with E-state index >= 15 is 0 Å². The van der Waals surface area contributed by atoms with Crippen molar-refractivity contribution < 1.29 is 9.84 Å². The molecule has 0 saturated heterocycles. The summed E-state index contributed by atoms with van der Waals surface area (Å²) in [5.74, 6) is 0.693. The van der Waals surface area contributed by atoms with Crippen LogP contribution in [0.5, 0.6) is 5.75 Å². The molecule has 102 valence electrons. The average Bonchev–Trinajstić information content (AvgIpc) is 2.34. The van der Waals surface area contributed by atoms with Gasteiger partial charge in [0.1, 0.15) is 5.75 Å². The average molecular weight is 273 g/mol. The number of hydrogen-bond donors (Lipinski definition) is 2. The second-order valence-corrected chi connectivity index (χ2v) is 4.76. The molecule has 0 saturated carbocycles. The van der Waals surface area contributed by atoms with Crippen LogP contribution in [-0.4, -0.2) is 50.9 Å². The summed E-state index contributed by atoms with van der Waals surface area (Å²) in [6.45, 7) is 1.64. The fraction of sp³-hybridized carbons (Fsp3) is 0.538. The second kappa shape index (κ2) is 7.59. The summed E-state index contributed by atoms with van der Waals surface area (Å²) >= 11 is 6.18. The maximum atomic E-state index is 9.50. The van der Waals surface area contributed by atoms with E-state index in [9.17, 15) is 5.11 Å². The number of hydrogen-bond acceptors (Lipinski definition) is 4. The zero-order chi connectivity index (χ0) is 13.5. The van der Waals surface area contributed by atoms with Crippen molar-refractivity contribution in [1.82, 2.24) is 10.2 Å². The van der Waals surface area contributed by atoms with Crippen molar-refractivity contribution in [2.75, 3.05) is 40.9 Å². The monoisotopic (exact) mass is 272 g/mol. The summed E-state index contributed by atoms with van der Waals surface area (Å²) in [6.07, 6.45) is 0. The molecule has 4 nitrogen and oxygen atoms in total. The van der Waals surface area contributed by atoms with Crippen LogP contribution in [0.3, 0.4) is 0 Å². The molecule has 0 bridgehead atoms. The lowest BCUT2D eigenvalue weighted by Gasteiger charge is -2.21. The molecule has 0 fully saturated rings. The summed E-state index contributed by atoms with van der Waals surface area (Å²) in [5, 5.41) is 13.4. The summed E-state index contributed by atoms with van der Waals surface area (Å²) in [7, 11) is 5.61. The minimum atomic E-state index is -0.214. The first-order chi connectivity index (χ1) is 8.60. The minimum absolute atomic E-state index is 0.0203. The van der Waals surface area contributed by atoms with Crippen molar-refractivity contribution in [3.05, 3.63) is 28.8 Å². The Morgan fingerprint density at radius 1 is 1.44 bits per heavy atom. The number of nitrogens with zero attached hydrogens (tertiary/aromatic N) is 1. The van der Waals surface area contributed by atoms with E-state index in [4.69, 9.17) is 16.3 Å². The predicted molar refractivity (Wildman–Crippen MR) is 74.4 cm³/mol. The van der Waals surface area contributed by atoms with Crippen molar-refractivity contribution in [2.24, 2.45) is 0 Å². The molecule has 5 heteroatoms. The van der Waals surface area contributed by atoms with Crippen molar-refractivity contribution in [3.63, 3.8) is 0 Å². The molecule has 0 heterocycles. The van der Waals surface area contributed by atoms with Gasteiger partial charge in [-0.1, -0.05) is 17.7 Å². The van der Waals surface area contributed by atoms with Gasteiger partial charge >= 0.3 is 0 Å². The lowest BCUT2D eigenvalue weighted by atomic mass is 10.1. The maximum absolute atomic E-state index is 9.50. The van der Waals surface area contributed by atoms with Crippen LogP contribution in [0.4, 0.5) is 0 Å². The number of benzene rings is 1. The third-order valence-corrected chi connectivity index (χ3v) is 3.04. The highest BCUT2D eigenvalue weighted by atomic mass is 35.5. The summed E-state index contributed by atoms with van der Waals surface area (Å²) in [5.41, 5.74) is 0.808. The van der Waals surface area contributed by atoms with Crippen LogP contribution < -0.4 is 10.1 Å². The van der Waals surface area contributed by atoms with E-state index in [2.05, 4.69) is 10.2 Å². The van der Waals surface area contributed by atoms with Crippen LogP contribution >= 0.6 is 11.6 Å². The Kier molecular flexibility index (Phi) is 6.43. The predicted octanol–water partition coefficient (Wildman–Crippen LogP) is 1.53. The Labute approximate surface area is 114 Å². The summed E-state index contributed by atoms with van der Waals surface area (Å²) < 4.78 is 5.29. The zero-order valence-electron chi connectivity index (χ0n) is 11.1. The highest BCUT2D eigenvalue weighted by molar-refractivity contribution is 6.31. The van der Waals surface area contributed by atoms with E-state index in [1.165, 1.54) is 0 Å². The maximum Gasteiger partial charge on any atom is 0.125 e. The molecule has 0 amide bonds. The van der Waals surface area contributed by atoms with Crippen LogP contribution in [-0.2, 0) is 0 Å². The number of ether oxygens (including phenoxy) is 1. The number of halogens is 1. The molecule has 0 aliphatic heterocycles. The Balaban J connectivity index is 2.81. The van der Waals surface area contributed by atoms with E-state index in [0.717, 1.165) is 18.7 Å². The molecule has 0 aromatic heterocycles. The van der Waals surface area contributed by atoms with Gasteiger partial charge in [-0.3, -0.25) is 0 Å². The molecule has 1 aromatic rings. The highest BCUT2D eigenvalue weighted by Crippen LogP contribution is 2.31. The molecule has 0 aliphatic carbocycles. The van der Waals surface area contributed by atoms with Gasteiger partial charge in [0.25, 0.3) is 0 Å². The van der Waals surface area contributed by atoms with Gasteiger partial charge in [-0.2, -0.15) is 0 Å². The fourth-order valence-corrected chi connectivity index (χ4v) is 2.05. The van der Waals surface area contributed by atoms with E-state index < -0.39 is 0 Å². The van der Waals surface area contributed by atoms with Gasteiger partial charge in [0.05, 0.1) is 19.8 Å². The van der Waals surface area contributed by atoms with Gasteiger partial charge in [0.2, 0.25) is 0 Å². The zero-order valence-corrected chi connectivity index (χ0v) is 11.9. The number of aliphatic hydroxyl groups is 1. The largest absolute Gasteiger partial charge is 0.496 e. The second-order valence-electron chi connectivity index (χ2n) is 4.35. The Hall–Kier alpha value is -0.810. The van der Waals surface area contributed by atoms with E-state index in [1.54, 1.807) is 13.2 Å². The van der Waals surface area contributed by atoms with E-state index in [-0.39, 0.29) is 12.6 Å². The molecule has 0 aliphatic rings. The van der Waals surface area contributed by atoms with E-state index in [0.29, 0.717) is 10.8 Å². The molecular weight excluding hydrogens is 252 g/mol. The van der Waals surface area contributed by atoms with E-state index in [1.807, 2.05) is 26.2 Å². The molecule has 1 unspecified atom stereocenters. The van der Waals surface area contributed by atoms with Crippen LogP contribution in [0.2, 0.25) is 5.02 Å². The third kappa shape index (κ3) is 4.14. The van der Waals surface area contributed by atoms with Gasteiger partial charge in [0, 0.05) is 23.7 Å². The quantitative estimate of drug-likeness (QED) is 0.790. The number of likely N-dealkylation sites (N-methyl/N-ethyl adjacent to an activating group) is 1. The van der Waals surface area contributed by atoms with Crippen LogP contribution in [0.1, 0.15) is 11.6 Å². The number of nitrogens with one attached hydrogen (secondary N) is 1. The van der Waals surface area contributed by atoms with Crippen LogP contribution in [0.15, 0.2) is 18.2 Å². The molecular formula is C13H21ClN2O2. The number of rotatable bonds is 7. The van der Waals surface area contributed by atoms with Crippen molar-refractivity contribution in [1.29, 1.82) is 0 Å². The summed E-state index contributed by atoms with van der Waals surface area (Å²) in [6, 6.07) is 5.26. The Morgan fingerprint density at radius 3 is 2.72 bits per heavy atom. The Bertz CT molecular complexity index is 372. The van der Waals surface area contributed by atoms with Gasteiger partial charge in [-0.15, -0.1) is 0 Å². The van der Waals surface area contributed by atoms with Gasteiger partial charge in [-0.25, -0.2) is 0 Å². The summed E-state index contributed by atoms with van der Waals surface area (Å²) in [4.78, 5) is 2.07. The van der Waals surface area contributed by atoms with Crippen molar-refractivity contribution >= 4 is 11.6 Å². The van der Waals surface area contributed by atoms with Gasteiger partial charge in [-0.05, 0) is 26.2 Å². The lowest BCUT2D eigenvalue weighted by molar-refractivity contribution is 0.237. The van der Waals surface area contributed by atoms with Gasteiger partial charge in [0.15, 0.2) is 0 Å². The van der Waals surface area contributed by atoms with Crippen molar-refractivity contribution in [3.8, 4) is 5.75 Å². The van der Waals surface area contributed by atoms with Gasteiger partial charge < -0.3 is 20.1 Å². The Morgan fingerprint density at radius 2 is 2.17 bits per heavy atom. The first-order valence-electron chi connectivity index (χ1n) is 5.91. The number of aliphatic hydroxyl groups excluding tert-OH is 1. The van der Waals surface area contributed by atoms with Crippen LogP contribution in [0, 0.1) is 0 Å².